The van der Waals surface area contributed by atoms with E-state index in [1.54, 1.807) is 13.8 Å². The maximum Gasteiger partial charge on any atom is 0.251 e. The molecule has 0 aliphatic heterocycles. The standard InChI is InChI=1S/C21H30N4O4S2/c1-6-25(7-2)31(28,29)17-10-8-9-16(11-17)20(26)24-19(14(3)4)21(27)22-12-18-23-15(5)13-30-18/h8-11,13-14,19H,6-7,12H2,1-5H3,(H,22,27)(H,24,26). The van der Waals surface area contributed by atoms with E-state index in [2.05, 4.69) is 15.6 Å². The molecule has 170 valence electrons. The average molecular weight is 467 g/mol. The van der Waals surface area contributed by atoms with E-state index in [-0.39, 0.29) is 28.8 Å². The highest BCUT2D eigenvalue weighted by atomic mass is 32.2. The van der Waals surface area contributed by atoms with Crippen LogP contribution in [0, 0.1) is 12.8 Å². The summed E-state index contributed by atoms with van der Waals surface area (Å²) < 4.78 is 26.8. The second kappa shape index (κ2) is 10.8. The summed E-state index contributed by atoms with van der Waals surface area (Å²) in [6, 6.07) is 5.10. The maximum absolute atomic E-state index is 12.8. The first kappa shape index (κ1) is 25.0. The van der Waals surface area contributed by atoms with Crippen LogP contribution in [0.4, 0.5) is 0 Å². The Morgan fingerprint density at radius 3 is 2.42 bits per heavy atom. The van der Waals surface area contributed by atoms with Crippen LogP contribution >= 0.6 is 11.3 Å². The van der Waals surface area contributed by atoms with Gasteiger partial charge in [0.1, 0.15) is 11.0 Å². The van der Waals surface area contributed by atoms with Crippen LogP contribution in [0.1, 0.15) is 48.8 Å². The molecule has 0 fully saturated rings. The molecule has 0 bridgehead atoms. The molecule has 31 heavy (non-hydrogen) atoms. The molecule has 1 aromatic heterocycles. The van der Waals surface area contributed by atoms with Gasteiger partial charge < -0.3 is 10.6 Å². The first-order valence-electron chi connectivity index (χ1n) is 10.2. The van der Waals surface area contributed by atoms with Gasteiger partial charge in [-0.05, 0) is 31.0 Å². The molecule has 2 N–H and O–H groups in total. The highest BCUT2D eigenvalue weighted by Gasteiger charge is 2.26. The summed E-state index contributed by atoms with van der Waals surface area (Å²) >= 11 is 1.46. The minimum absolute atomic E-state index is 0.0496. The Hall–Kier alpha value is -2.30. The largest absolute Gasteiger partial charge is 0.348 e. The molecule has 8 nitrogen and oxygen atoms in total. The van der Waals surface area contributed by atoms with Gasteiger partial charge in [-0.15, -0.1) is 11.3 Å². The zero-order valence-corrected chi connectivity index (χ0v) is 20.1. The van der Waals surface area contributed by atoms with Crippen LogP contribution in [0.15, 0.2) is 34.5 Å². The Morgan fingerprint density at radius 2 is 1.87 bits per heavy atom. The lowest BCUT2D eigenvalue weighted by atomic mass is 10.0. The van der Waals surface area contributed by atoms with Crippen molar-refractivity contribution in [3.8, 4) is 0 Å². The molecular formula is C21H30N4O4S2. The Bertz CT molecular complexity index is 1010. The number of sulfonamides is 1. The average Bonchev–Trinajstić information content (AvgIpc) is 3.15. The number of aromatic nitrogens is 1. The van der Waals surface area contributed by atoms with Gasteiger partial charge >= 0.3 is 0 Å². The van der Waals surface area contributed by atoms with Gasteiger partial charge in [0.15, 0.2) is 0 Å². The molecule has 0 saturated carbocycles. The highest BCUT2D eigenvalue weighted by molar-refractivity contribution is 7.89. The summed E-state index contributed by atoms with van der Waals surface area (Å²) in [6.07, 6.45) is 0. The summed E-state index contributed by atoms with van der Waals surface area (Å²) in [5.41, 5.74) is 1.07. The van der Waals surface area contributed by atoms with Gasteiger partial charge in [0.05, 0.1) is 11.4 Å². The third-order valence-corrected chi connectivity index (χ3v) is 7.77. The van der Waals surface area contributed by atoms with E-state index in [0.29, 0.717) is 13.1 Å². The second-order valence-corrected chi connectivity index (χ2v) is 10.3. The normalized spacial score (nSPS) is 12.7. The van der Waals surface area contributed by atoms with Crippen molar-refractivity contribution >= 4 is 33.2 Å². The molecule has 1 heterocycles. The van der Waals surface area contributed by atoms with Crippen LogP contribution in [0.25, 0.3) is 0 Å². The van der Waals surface area contributed by atoms with E-state index in [0.717, 1.165) is 10.7 Å². The second-order valence-electron chi connectivity index (χ2n) is 7.41. The smallest absolute Gasteiger partial charge is 0.251 e. The van der Waals surface area contributed by atoms with E-state index < -0.39 is 22.0 Å². The lowest BCUT2D eigenvalue weighted by molar-refractivity contribution is -0.124. The van der Waals surface area contributed by atoms with Crippen molar-refractivity contribution in [1.82, 2.24) is 19.9 Å². The summed E-state index contributed by atoms with van der Waals surface area (Å²) in [4.78, 5) is 29.9. The van der Waals surface area contributed by atoms with Crippen LogP contribution in [0.2, 0.25) is 0 Å². The highest BCUT2D eigenvalue weighted by Crippen LogP contribution is 2.17. The zero-order valence-electron chi connectivity index (χ0n) is 18.5. The third kappa shape index (κ3) is 6.34. The lowest BCUT2D eigenvalue weighted by Crippen LogP contribution is -2.49. The van der Waals surface area contributed by atoms with Gasteiger partial charge in [-0.1, -0.05) is 33.8 Å². The number of carbonyl (C=O) groups excluding carboxylic acids is 2. The molecule has 1 aromatic carbocycles. The number of benzene rings is 1. The van der Waals surface area contributed by atoms with Crippen LogP contribution in [-0.4, -0.2) is 48.7 Å². The molecule has 2 aromatic rings. The van der Waals surface area contributed by atoms with Crippen LogP contribution in [0.5, 0.6) is 0 Å². The Balaban J connectivity index is 2.14. The van der Waals surface area contributed by atoms with Crippen molar-refractivity contribution in [2.75, 3.05) is 13.1 Å². The minimum atomic E-state index is -3.69. The Kier molecular flexibility index (Phi) is 8.72. The Morgan fingerprint density at radius 1 is 1.19 bits per heavy atom. The summed E-state index contributed by atoms with van der Waals surface area (Å²) in [5.74, 6) is -0.983. The molecule has 0 aliphatic carbocycles. The molecule has 0 radical (unpaired) electrons. The van der Waals surface area contributed by atoms with Crippen molar-refractivity contribution in [1.29, 1.82) is 0 Å². The van der Waals surface area contributed by atoms with E-state index in [4.69, 9.17) is 0 Å². The van der Waals surface area contributed by atoms with Crippen LogP contribution in [-0.2, 0) is 21.4 Å². The zero-order chi connectivity index (χ0) is 23.2. The molecule has 10 heteroatoms. The number of aryl methyl sites for hydroxylation is 1. The number of thiazole rings is 1. The fourth-order valence-electron chi connectivity index (χ4n) is 3.03. The van der Waals surface area contributed by atoms with Crippen molar-refractivity contribution in [3.63, 3.8) is 0 Å². The van der Waals surface area contributed by atoms with Crippen molar-refractivity contribution in [2.24, 2.45) is 5.92 Å². The van der Waals surface area contributed by atoms with E-state index >= 15 is 0 Å². The van der Waals surface area contributed by atoms with Gasteiger partial charge in [-0.25, -0.2) is 13.4 Å². The van der Waals surface area contributed by atoms with Gasteiger partial charge in [-0.2, -0.15) is 4.31 Å². The van der Waals surface area contributed by atoms with Crippen molar-refractivity contribution < 1.29 is 18.0 Å². The van der Waals surface area contributed by atoms with Gasteiger partial charge in [0.2, 0.25) is 15.9 Å². The number of nitrogens with one attached hydrogen (secondary N) is 2. The van der Waals surface area contributed by atoms with E-state index in [1.807, 2.05) is 26.2 Å². The summed E-state index contributed by atoms with van der Waals surface area (Å²) in [7, 11) is -3.69. The van der Waals surface area contributed by atoms with E-state index in [1.165, 1.54) is 39.9 Å². The van der Waals surface area contributed by atoms with Crippen molar-refractivity contribution in [2.45, 2.75) is 52.1 Å². The number of rotatable bonds is 10. The molecule has 1 unspecified atom stereocenters. The predicted octanol–water partition coefficient (Wildman–Crippen LogP) is 2.55. The number of hydrogen-bond donors (Lipinski definition) is 2. The molecule has 2 amide bonds. The molecule has 0 spiro atoms. The monoisotopic (exact) mass is 466 g/mol. The summed E-state index contributed by atoms with van der Waals surface area (Å²) in [6.45, 7) is 10.0. The fourth-order valence-corrected chi connectivity index (χ4v) is 5.24. The molecule has 2 rings (SSSR count). The number of hydrogen-bond acceptors (Lipinski definition) is 6. The summed E-state index contributed by atoms with van der Waals surface area (Å²) in [5, 5.41) is 8.23. The quantitative estimate of drug-likeness (QED) is 0.559. The molecule has 1 atom stereocenters. The number of carbonyl (C=O) groups is 2. The fraction of sp³-hybridized carbons (Fsp3) is 0.476. The molecule has 0 aliphatic rings. The minimum Gasteiger partial charge on any atom is -0.348 e. The first-order chi connectivity index (χ1) is 14.6. The predicted molar refractivity (Wildman–Crippen MR) is 121 cm³/mol. The first-order valence-corrected chi connectivity index (χ1v) is 12.5. The van der Waals surface area contributed by atoms with Gasteiger partial charge in [0.25, 0.3) is 5.91 Å². The van der Waals surface area contributed by atoms with Crippen LogP contribution < -0.4 is 10.6 Å². The van der Waals surface area contributed by atoms with Gasteiger partial charge in [-0.3, -0.25) is 9.59 Å². The third-order valence-electron chi connectivity index (χ3n) is 4.76. The number of amides is 2. The topological polar surface area (TPSA) is 108 Å². The maximum atomic E-state index is 12.8. The lowest BCUT2D eigenvalue weighted by Gasteiger charge is -2.22. The Labute approximate surface area is 188 Å². The van der Waals surface area contributed by atoms with Gasteiger partial charge in [0, 0.05) is 29.7 Å². The van der Waals surface area contributed by atoms with E-state index in [9.17, 15) is 18.0 Å². The molecule has 0 saturated heterocycles. The van der Waals surface area contributed by atoms with Crippen molar-refractivity contribution in [3.05, 3.63) is 45.9 Å². The SMILES string of the molecule is CCN(CC)S(=O)(=O)c1cccc(C(=O)NC(C(=O)NCc2nc(C)cs2)C(C)C)c1. The number of nitrogens with zero attached hydrogens (tertiary/aromatic N) is 2. The molecular weight excluding hydrogens is 436 g/mol. The van der Waals surface area contributed by atoms with Crippen LogP contribution in [0.3, 0.4) is 0 Å².